The van der Waals surface area contributed by atoms with Gasteiger partial charge < -0.3 is 19.4 Å². The van der Waals surface area contributed by atoms with Crippen molar-refractivity contribution in [1.82, 2.24) is 14.5 Å². The van der Waals surface area contributed by atoms with Crippen molar-refractivity contribution in [2.75, 3.05) is 12.1 Å². The van der Waals surface area contributed by atoms with E-state index in [1.165, 1.54) is 12.1 Å². The maximum atomic E-state index is 13.6. The first-order chi connectivity index (χ1) is 13.2. The Kier molecular flexibility index (Phi) is 3.46. The van der Waals surface area contributed by atoms with Crippen LogP contribution in [0.25, 0.3) is 22.4 Å². The number of halogens is 1. The van der Waals surface area contributed by atoms with E-state index in [1.54, 1.807) is 12.3 Å². The molecule has 1 aliphatic rings. The van der Waals surface area contributed by atoms with Crippen LogP contribution >= 0.6 is 0 Å². The fraction of sp³-hybridized carbons (Fsp3) is 0.100. The summed E-state index contributed by atoms with van der Waals surface area (Å²) in [5.41, 5.74) is 3.21. The summed E-state index contributed by atoms with van der Waals surface area (Å²) in [5, 5.41) is 3.26. The van der Waals surface area contributed by atoms with Crippen LogP contribution in [-0.2, 0) is 7.05 Å². The minimum atomic E-state index is -0.289. The van der Waals surface area contributed by atoms with E-state index in [0.717, 1.165) is 28.0 Å². The van der Waals surface area contributed by atoms with Gasteiger partial charge in [0, 0.05) is 30.4 Å². The van der Waals surface area contributed by atoms with E-state index in [-0.39, 0.29) is 12.6 Å². The van der Waals surface area contributed by atoms with Gasteiger partial charge in [-0.25, -0.2) is 14.4 Å². The maximum Gasteiger partial charge on any atom is 0.231 e. The van der Waals surface area contributed by atoms with Crippen LogP contribution < -0.4 is 14.8 Å². The molecule has 1 aliphatic heterocycles. The molecule has 0 fully saturated rings. The summed E-state index contributed by atoms with van der Waals surface area (Å²) in [4.78, 5) is 9.02. The van der Waals surface area contributed by atoms with E-state index in [4.69, 9.17) is 9.47 Å². The quantitative estimate of drug-likeness (QED) is 0.590. The number of aryl methyl sites for hydroxylation is 1. The van der Waals surface area contributed by atoms with Crippen molar-refractivity contribution in [3.63, 3.8) is 0 Å². The van der Waals surface area contributed by atoms with E-state index >= 15 is 0 Å². The van der Waals surface area contributed by atoms with E-state index < -0.39 is 0 Å². The van der Waals surface area contributed by atoms with Gasteiger partial charge in [0.05, 0.1) is 11.7 Å². The molecule has 3 heterocycles. The fourth-order valence-electron chi connectivity index (χ4n) is 3.17. The first kappa shape index (κ1) is 15.6. The van der Waals surface area contributed by atoms with E-state index in [0.29, 0.717) is 17.4 Å². The smallest absolute Gasteiger partial charge is 0.231 e. The number of nitrogens with zero attached hydrogens (tertiary/aromatic N) is 3. The molecule has 0 aliphatic carbocycles. The summed E-state index contributed by atoms with van der Waals surface area (Å²) >= 11 is 0. The summed E-state index contributed by atoms with van der Waals surface area (Å²) in [6.45, 7) is 0.237. The predicted molar refractivity (Wildman–Crippen MR) is 99.8 cm³/mol. The molecule has 0 saturated carbocycles. The number of benzene rings is 2. The van der Waals surface area contributed by atoms with Crippen LogP contribution in [0, 0.1) is 5.82 Å². The molecule has 27 heavy (non-hydrogen) atoms. The highest BCUT2D eigenvalue weighted by molar-refractivity contribution is 5.82. The Morgan fingerprint density at radius 2 is 1.96 bits per heavy atom. The number of hydrogen-bond donors (Lipinski definition) is 1. The third-order valence-corrected chi connectivity index (χ3v) is 4.49. The highest BCUT2D eigenvalue weighted by atomic mass is 19.1. The van der Waals surface area contributed by atoms with Gasteiger partial charge in [-0.05, 0) is 24.3 Å². The third-order valence-electron chi connectivity index (χ3n) is 4.49. The van der Waals surface area contributed by atoms with Crippen molar-refractivity contribution >= 4 is 22.5 Å². The Bertz CT molecular complexity index is 1170. The number of nitrogens with one attached hydrogen (secondary N) is 1. The zero-order chi connectivity index (χ0) is 18.4. The molecule has 0 saturated heterocycles. The van der Waals surface area contributed by atoms with Crippen LogP contribution in [0.1, 0.15) is 0 Å². The van der Waals surface area contributed by atoms with Gasteiger partial charge in [-0.3, -0.25) is 0 Å². The number of hydrogen-bond acceptors (Lipinski definition) is 5. The van der Waals surface area contributed by atoms with Gasteiger partial charge in [-0.1, -0.05) is 12.1 Å². The van der Waals surface area contributed by atoms with Crippen LogP contribution in [0.4, 0.5) is 15.9 Å². The SMILES string of the molecule is Cn1c(-c2cccc(F)c2)nc2cnc(Nc3ccc4c(c3)OCO4)cc21. The number of ether oxygens (including phenoxy) is 2. The molecule has 134 valence electrons. The molecule has 7 heteroatoms. The molecule has 0 bridgehead atoms. The van der Waals surface area contributed by atoms with E-state index in [9.17, 15) is 4.39 Å². The predicted octanol–water partition coefficient (Wildman–Crippen LogP) is 4.25. The van der Waals surface area contributed by atoms with Crippen LogP contribution in [0.5, 0.6) is 11.5 Å². The van der Waals surface area contributed by atoms with E-state index in [1.807, 2.05) is 41.9 Å². The van der Waals surface area contributed by atoms with Crippen LogP contribution in [0.3, 0.4) is 0 Å². The average molecular weight is 362 g/mol. The second kappa shape index (κ2) is 5.98. The third kappa shape index (κ3) is 2.73. The lowest BCUT2D eigenvalue weighted by atomic mass is 10.2. The molecule has 0 unspecified atom stereocenters. The van der Waals surface area contributed by atoms with Crippen LogP contribution in [0.2, 0.25) is 0 Å². The molecule has 5 rings (SSSR count). The van der Waals surface area contributed by atoms with Crippen molar-refractivity contribution in [2.24, 2.45) is 7.05 Å². The second-order valence-corrected chi connectivity index (χ2v) is 6.26. The van der Waals surface area contributed by atoms with Gasteiger partial charge in [0.2, 0.25) is 6.79 Å². The topological polar surface area (TPSA) is 61.2 Å². The lowest BCUT2D eigenvalue weighted by Crippen LogP contribution is -1.96. The van der Waals surface area contributed by atoms with Crippen molar-refractivity contribution in [1.29, 1.82) is 0 Å². The molecule has 0 spiro atoms. The standard InChI is InChI=1S/C20H15FN4O2/c1-25-16-9-19(23-14-5-6-17-18(8-14)27-11-26-17)22-10-15(16)24-20(25)12-3-2-4-13(21)7-12/h2-10H,11H2,1H3,(H,22,23). The fourth-order valence-corrected chi connectivity index (χ4v) is 3.17. The highest BCUT2D eigenvalue weighted by Gasteiger charge is 2.15. The number of anilines is 2. The van der Waals surface area contributed by atoms with E-state index in [2.05, 4.69) is 15.3 Å². The zero-order valence-corrected chi connectivity index (χ0v) is 14.4. The molecular weight excluding hydrogens is 347 g/mol. The Labute approximate surface area is 154 Å². The van der Waals surface area contributed by atoms with Crippen molar-refractivity contribution in [3.05, 3.63) is 60.5 Å². The zero-order valence-electron chi connectivity index (χ0n) is 14.4. The summed E-state index contributed by atoms with van der Waals surface area (Å²) in [5.74, 6) is 2.51. The molecule has 0 atom stereocenters. The Morgan fingerprint density at radius 1 is 1.07 bits per heavy atom. The number of pyridine rings is 1. The minimum Gasteiger partial charge on any atom is -0.454 e. The number of aromatic nitrogens is 3. The van der Waals surface area contributed by atoms with Gasteiger partial charge in [-0.2, -0.15) is 0 Å². The van der Waals surface area contributed by atoms with Gasteiger partial charge in [0.15, 0.2) is 11.5 Å². The molecule has 6 nitrogen and oxygen atoms in total. The lowest BCUT2D eigenvalue weighted by molar-refractivity contribution is 0.174. The Balaban J connectivity index is 1.51. The summed E-state index contributed by atoms with van der Waals surface area (Å²) in [6.07, 6.45) is 1.70. The number of rotatable bonds is 3. The molecule has 0 amide bonds. The van der Waals surface area contributed by atoms with Crippen molar-refractivity contribution < 1.29 is 13.9 Å². The Hall–Kier alpha value is -3.61. The summed E-state index contributed by atoms with van der Waals surface area (Å²) < 4.78 is 26.2. The largest absolute Gasteiger partial charge is 0.454 e. The van der Waals surface area contributed by atoms with Crippen LogP contribution in [-0.4, -0.2) is 21.3 Å². The molecule has 0 radical (unpaired) electrons. The van der Waals surface area contributed by atoms with Crippen molar-refractivity contribution in [3.8, 4) is 22.9 Å². The minimum absolute atomic E-state index is 0.237. The second-order valence-electron chi connectivity index (χ2n) is 6.26. The summed E-state index contributed by atoms with van der Waals surface area (Å²) in [6, 6.07) is 13.9. The van der Waals surface area contributed by atoms with Gasteiger partial charge >= 0.3 is 0 Å². The van der Waals surface area contributed by atoms with Gasteiger partial charge in [0.1, 0.15) is 23.0 Å². The normalized spacial score (nSPS) is 12.5. The molecule has 1 N–H and O–H groups in total. The first-order valence-electron chi connectivity index (χ1n) is 8.42. The van der Waals surface area contributed by atoms with Crippen molar-refractivity contribution in [2.45, 2.75) is 0 Å². The maximum absolute atomic E-state index is 13.6. The van der Waals surface area contributed by atoms with Gasteiger partial charge in [0.25, 0.3) is 0 Å². The highest BCUT2D eigenvalue weighted by Crippen LogP contribution is 2.35. The first-order valence-corrected chi connectivity index (χ1v) is 8.42. The Morgan fingerprint density at radius 3 is 2.85 bits per heavy atom. The van der Waals surface area contributed by atoms with Crippen LogP contribution in [0.15, 0.2) is 54.7 Å². The molecular formula is C20H15FN4O2. The molecule has 2 aromatic carbocycles. The monoisotopic (exact) mass is 362 g/mol. The number of imidazole rings is 1. The van der Waals surface area contributed by atoms with Gasteiger partial charge in [-0.15, -0.1) is 0 Å². The molecule has 2 aromatic heterocycles. The summed E-state index contributed by atoms with van der Waals surface area (Å²) in [7, 11) is 1.90. The lowest BCUT2D eigenvalue weighted by Gasteiger charge is -2.07. The molecule has 4 aromatic rings. The number of fused-ring (bicyclic) bond motifs is 2. The average Bonchev–Trinajstić information content (AvgIpc) is 3.26.